The summed E-state index contributed by atoms with van der Waals surface area (Å²) in [6, 6.07) is 8.55. The van der Waals surface area contributed by atoms with Crippen LogP contribution in [0.2, 0.25) is 0 Å². The van der Waals surface area contributed by atoms with Crippen LogP contribution >= 0.6 is 15.9 Å². The molecule has 88 valence electrons. The summed E-state index contributed by atoms with van der Waals surface area (Å²) in [5.41, 5.74) is 7.67. The van der Waals surface area contributed by atoms with E-state index in [9.17, 15) is 0 Å². The molecule has 0 saturated heterocycles. The highest BCUT2D eigenvalue weighted by atomic mass is 79.9. The molecule has 0 bridgehead atoms. The van der Waals surface area contributed by atoms with Gasteiger partial charge in [-0.3, -0.25) is 0 Å². The van der Waals surface area contributed by atoms with Gasteiger partial charge in [0.2, 0.25) is 0 Å². The highest BCUT2D eigenvalue weighted by Gasteiger charge is 2.26. The average Bonchev–Trinajstić information content (AvgIpc) is 2.29. The standard InChI is InChI=1S/C14H20BrN/c1-10-5-4-6-11(9-10)14(16)12-7-2-3-8-13(12)15/h2-3,7-8,10-11,14H,4-6,9,16H2,1H3. The second-order valence-corrected chi connectivity index (χ2v) is 5.93. The zero-order valence-electron chi connectivity index (χ0n) is 9.83. The quantitative estimate of drug-likeness (QED) is 0.861. The third kappa shape index (κ3) is 2.67. The summed E-state index contributed by atoms with van der Waals surface area (Å²) in [7, 11) is 0. The van der Waals surface area contributed by atoms with Crippen LogP contribution < -0.4 is 5.73 Å². The third-order valence-electron chi connectivity index (χ3n) is 3.75. The normalized spacial score (nSPS) is 27.7. The van der Waals surface area contributed by atoms with E-state index in [-0.39, 0.29) is 6.04 Å². The highest BCUT2D eigenvalue weighted by molar-refractivity contribution is 9.10. The molecule has 1 aliphatic rings. The Hall–Kier alpha value is -0.340. The van der Waals surface area contributed by atoms with Crippen molar-refractivity contribution in [3.63, 3.8) is 0 Å². The second-order valence-electron chi connectivity index (χ2n) is 5.08. The second kappa shape index (κ2) is 5.33. The van der Waals surface area contributed by atoms with Gasteiger partial charge in [0, 0.05) is 10.5 Å². The van der Waals surface area contributed by atoms with Crippen LogP contribution in [0.4, 0.5) is 0 Å². The Morgan fingerprint density at radius 3 is 2.75 bits per heavy atom. The minimum atomic E-state index is 0.193. The van der Waals surface area contributed by atoms with Gasteiger partial charge in [-0.05, 0) is 36.3 Å². The SMILES string of the molecule is CC1CCCC(C(N)c2ccccc2Br)C1. The summed E-state index contributed by atoms with van der Waals surface area (Å²) in [5, 5.41) is 0. The fraction of sp³-hybridized carbons (Fsp3) is 0.571. The van der Waals surface area contributed by atoms with Crippen LogP contribution in [0.15, 0.2) is 28.7 Å². The van der Waals surface area contributed by atoms with Gasteiger partial charge in [0.05, 0.1) is 0 Å². The minimum Gasteiger partial charge on any atom is -0.324 e. The van der Waals surface area contributed by atoms with E-state index in [1.165, 1.54) is 31.2 Å². The molecule has 1 aromatic rings. The van der Waals surface area contributed by atoms with E-state index in [1.807, 2.05) is 6.07 Å². The van der Waals surface area contributed by atoms with Crippen LogP contribution in [0.1, 0.15) is 44.2 Å². The fourth-order valence-electron chi connectivity index (χ4n) is 2.81. The van der Waals surface area contributed by atoms with Gasteiger partial charge in [0.25, 0.3) is 0 Å². The van der Waals surface area contributed by atoms with Gasteiger partial charge < -0.3 is 5.73 Å². The number of rotatable bonds is 2. The molecule has 2 rings (SSSR count). The van der Waals surface area contributed by atoms with Crippen LogP contribution in [-0.2, 0) is 0 Å². The van der Waals surface area contributed by atoms with Crippen molar-refractivity contribution in [1.29, 1.82) is 0 Å². The van der Waals surface area contributed by atoms with Gasteiger partial charge in [-0.25, -0.2) is 0 Å². The number of hydrogen-bond donors (Lipinski definition) is 1. The molecular formula is C14H20BrN. The Balaban J connectivity index is 2.12. The Bertz CT molecular complexity index is 350. The molecule has 2 heteroatoms. The number of halogens is 1. The van der Waals surface area contributed by atoms with E-state index in [0.29, 0.717) is 5.92 Å². The van der Waals surface area contributed by atoms with E-state index in [2.05, 4.69) is 41.1 Å². The summed E-state index contributed by atoms with van der Waals surface area (Å²) in [5.74, 6) is 1.50. The lowest BCUT2D eigenvalue weighted by atomic mass is 9.77. The Labute approximate surface area is 107 Å². The summed E-state index contributed by atoms with van der Waals surface area (Å²) in [6.07, 6.45) is 5.28. The maximum atomic E-state index is 6.40. The van der Waals surface area contributed by atoms with E-state index < -0.39 is 0 Å². The zero-order chi connectivity index (χ0) is 11.5. The Morgan fingerprint density at radius 2 is 2.06 bits per heavy atom. The van der Waals surface area contributed by atoms with E-state index in [0.717, 1.165) is 10.4 Å². The molecule has 1 aliphatic carbocycles. The molecule has 1 fully saturated rings. The first-order valence-electron chi connectivity index (χ1n) is 6.18. The van der Waals surface area contributed by atoms with Gasteiger partial charge in [-0.15, -0.1) is 0 Å². The summed E-state index contributed by atoms with van der Waals surface area (Å²) >= 11 is 3.60. The van der Waals surface area contributed by atoms with Crippen molar-refractivity contribution < 1.29 is 0 Å². The van der Waals surface area contributed by atoms with Gasteiger partial charge in [0.15, 0.2) is 0 Å². The van der Waals surface area contributed by atoms with Gasteiger partial charge >= 0.3 is 0 Å². The summed E-state index contributed by atoms with van der Waals surface area (Å²) < 4.78 is 1.15. The molecule has 0 heterocycles. The minimum absolute atomic E-state index is 0.193. The van der Waals surface area contributed by atoms with E-state index in [1.54, 1.807) is 0 Å². The van der Waals surface area contributed by atoms with E-state index in [4.69, 9.17) is 5.73 Å². The van der Waals surface area contributed by atoms with Crippen molar-refractivity contribution in [3.05, 3.63) is 34.3 Å². The van der Waals surface area contributed by atoms with Crippen molar-refractivity contribution in [2.75, 3.05) is 0 Å². The summed E-state index contributed by atoms with van der Waals surface area (Å²) in [6.45, 7) is 2.35. The van der Waals surface area contributed by atoms with Crippen LogP contribution in [0.5, 0.6) is 0 Å². The van der Waals surface area contributed by atoms with Gasteiger partial charge in [-0.1, -0.05) is 53.9 Å². The molecule has 1 nitrogen and oxygen atoms in total. The smallest absolute Gasteiger partial charge is 0.0334 e. The molecule has 0 radical (unpaired) electrons. The van der Waals surface area contributed by atoms with Gasteiger partial charge in [0.1, 0.15) is 0 Å². The first-order chi connectivity index (χ1) is 7.68. The predicted molar refractivity (Wildman–Crippen MR) is 72.2 cm³/mol. The first-order valence-corrected chi connectivity index (χ1v) is 6.98. The maximum absolute atomic E-state index is 6.40. The van der Waals surface area contributed by atoms with Crippen molar-refractivity contribution in [2.24, 2.45) is 17.6 Å². The molecule has 0 spiro atoms. The lowest BCUT2D eigenvalue weighted by molar-refractivity contribution is 0.247. The van der Waals surface area contributed by atoms with Gasteiger partial charge in [-0.2, -0.15) is 0 Å². The Kier molecular flexibility index (Phi) is 4.04. The number of benzene rings is 1. The van der Waals surface area contributed by atoms with Crippen LogP contribution in [-0.4, -0.2) is 0 Å². The van der Waals surface area contributed by atoms with Crippen LogP contribution in [0, 0.1) is 11.8 Å². The lowest BCUT2D eigenvalue weighted by Crippen LogP contribution is -2.26. The molecule has 0 aromatic heterocycles. The molecule has 16 heavy (non-hydrogen) atoms. The molecule has 2 N–H and O–H groups in total. The van der Waals surface area contributed by atoms with Crippen LogP contribution in [0.3, 0.4) is 0 Å². The highest BCUT2D eigenvalue weighted by Crippen LogP contribution is 2.37. The third-order valence-corrected chi connectivity index (χ3v) is 4.47. The van der Waals surface area contributed by atoms with Crippen molar-refractivity contribution in [2.45, 2.75) is 38.6 Å². The van der Waals surface area contributed by atoms with Crippen molar-refractivity contribution in [1.82, 2.24) is 0 Å². The number of nitrogens with two attached hydrogens (primary N) is 1. The van der Waals surface area contributed by atoms with E-state index >= 15 is 0 Å². The monoisotopic (exact) mass is 281 g/mol. The lowest BCUT2D eigenvalue weighted by Gasteiger charge is -2.31. The molecule has 1 saturated carbocycles. The van der Waals surface area contributed by atoms with Crippen molar-refractivity contribution >= 4 is 15.9 Å². The maximum Gasteiger partial charge on any atom is 0.0334 e. The zero-order valence-corrected chi connectivity index (χ0v) is 11.4. The first kappa shape index (κ1) is 12.1. The average molecular weight is 282 g/mol. The topological polar surface area (TPSA) is 26.0 Å². The molecular weight excluding hydrogens is 262 g/mol. The molecule has 1 aromatic carbocycles. The molecule has 0 amide bonds. The van der Waals surface area contributed by atoms with Crippen molar-refractivity contribution in [3.8, 4) is 0 Å². The van der Waals surface area contributed by atoms with Crippen LogP contribution in [0.25, 0.3) is 0 Å². The molecule has 3 unspecified atom stereocenters. The number of hydrogen-bond acceptors (Lipinski definition) is 1. The molecule has 0 aliphatic heterocycles. The Morgan fingerprint density at radius 1 is 1.31 bits per heavy atom. The largest absolute Gasteiger partial charge is 0.324 e. The summed E-state index contributed by atoms with van der Waals surface area (Å²) in [4.78, 5) is 0. The molecule has 3 atom stereocenters. The fourth-order valence-corrected chi connectivity index (χ4v) is 3.36. The predicted octanol–water partition coefficient (Wildman–Crippen LogP) is 4.28.